The van der Waals surface area contributed by atoms with E-state index in [-0.39, 0.29) is 0 Å². The maximum atomic E-state index is 4.88. The summed E-state index contributed by atoms with van der Waals surface area (Å²) in [5.74, 6) is 0. The van der Waals surface area contributed by atoms with E-state index in [0.29, 0.717) is 15.0 Å². The van der Waals surface area contributed by atoms with Crippen LogP contribution in [-0.4, -0.2) is 18.7 Å². The molecule has 1 aliphatic rings. The second-order valence-corrected chi connectivity index (χ2v) is 4.24. The molecule has 1 aliphatic heterocycles. The molecule has 0 aromatic carbocycles. The summed E-state index contributed by atoms with van der Waals surface area (Å²) in [6.07, 6.45) is 3.21. The molecule has 0 saturated heterocycles. The summed E-state index contributed by atoms with van der Waals surface area (Å²) in [4.78, 5) is 2.18. The predicted octanol–water partition coefficient (Wildman–Crippen LogP) is 0.935. The van der Waals surface area contributed by atoms with Crippen LogP contribution < -0.4 is 0 Å². The Labute approximate surface area is 48.8 Å². The van der Waals surface area contributed by atoms with Crippen LogP contribution in [0.15, 0.2) is 11.1 Å². The van der Waals surface area contributed by atoms with Crippen molar-refractivity contribution in [2.75, 3.05) is 0 Å². The second-order valence-electron chi connectivity index (χ2n) is 1.07. The first kappa shape index (κ1) is 4.51. The second kappa shape index (κ2) is 1.87. The van der Waals surface area contributed by atoms with Gasteiger partial charge >= 0.3 is 48.4 Å². The van der Waals surface area contributed by atoms with E-state index in [2.05, 4.69) is 11.1 Å². The Morgan fingerprint density at radius 2 is 2.67 bits per heavy atom. The van der Waals surface area contributed by atoms with Gasteiger partial charge in [-0.25, -0.2) is 0 Å². The van der Waals surface area contributed by atoms with Crippen LogP contribution in [0.1, 0.15) is 6.42 Å². The minimum atomic E-state index is 0.579. The standard InChI is InChI=1S/C4H4SSe/c5-4-2-1-3-6-4/h1,3H,2H2. The monoisotopic (exact) mass is 164 g/mol. The predicted molar refractivity (Wildman–Crippen MR) is 32.1 cm³/mol. The molecular formula is C4H4SSe. The van der Waals surface area contributed by atoms with E-state index in [9.17, 15) is 0 Å². The molecule has 0 atom stereocenters. The van der Waals surface area contributed by atoms with Gasteiger partial charge in [-0.05, 0) is 0 Å². The van der Waals surface area contributed by atoms with Crippen molar-refractivity contribution in [3.05, 3.63) is 11.1 Å². The van der Waals surface area contributed by atoms with Gasteiger partial charge in [0.05, 0.1) is 0 Å². The molecule has 1 rings (SSSR count). The molecule has 6 heavy (non-hydrogen) atoms. The summed E-state index contributed by atoms with van der Waals surface area (Å²) in [6, 6.07) is 0. The Morgan fingerprint density at radius 1 is 1.83 bits per heavy atom. The van der Waals surface area contributed by atoms with Crippen LogP contribution in [0.25, 0.3) is 0 Å². The molecule has 1 heterocycles. The quantitative estimate of drug-likeness (QED) is 0.378. The van der Waals surface area contributed by atoms with Gasteiger partial charge in [0, 0.05) is 0 Å². The van der Waals surface area contributed by atoms with E-state index in [1.165, 1.54) is 3.76 Å². The van der Waals surface area contributed by atoms with Crippen molar-refractivity contribution in [3.8, 4) is 0 Å². The third-order valence-corrected chi connectivity index (χ3v) is 2.84. The van der Waals surface area contributed by atoms with Crippen molar-refractivity contribution in [2.24, 2.45) is 0 Å². The fourth-order valence-corrected chi connectivity index (χ4v) is 1.83. The van der Waals surface area contributed by atoms with Crippen molar-refractivity contribution in [1.82, 2.24) is 0 Å². The van der Waals surface area contributed by atoms with Crippen molar-refractivity contribution < 1.29 is 0 Å². The van der Waals surface area contributed by atoms with Crippen LogP contribution >= 0.6 is 12.2 Å². The van der Waals surface area contributed by atoms with Gasteiger partial charge in [0.25, 0.3) is 0 Å². The van der Waals surface area contributed by atoms with Crippen LogP contribution in [0.5, 0.6) is 0 Å². The van der Waals surface area contributed by atoms with Crippen molar-refractivity contribution in [1.29, 1.82) is 0 Å². The third-order valence-electron chi connectivity index (χ3n) is 0.580. The van der Waals surface area contributed by atoms with Gasteiger partial charge in [0.2, 0.25) is 0 Å². The van der Waals surface area contributed by atoms with Crippen LogP contribution in [-0.2, 0) is 0 Å². The average molecular weight is 163 g/mol. The van der Waals surface area contributed by atoms with Gasteiger partial charge in [0.1, 0.15) is 0 Å². The number of hydrogen-bond donors (Lipinski definition) is 0. The van der Waals surface area contributed by atoms with Gasteiger partial charge in [-0.1, -0.05) is 0 Å². The zero-order valence-electron chi connectivity index (χ0n) is 3.18. The summed E-state index contributed by atoms with van der Waals surface area (Å²) < 4.78 is 1.24. The molecular weight excluding hydrogens is 159 g/mol. The Hall–Kier alpha value is 0.349. The Balaban J connectivity index is 2.52. The first-order valence-corrected chi connectivity index (χ1v) is 3.99. The summed E-state index contributed by atoms with van der Waals surface area (Å²) in [5.41, 5.74) is 0. The van der Waals surface area contributed by atoms with Gasteiger partial charge < -0.3 is 0 Å². The molecule has 0 aromatic rings. The number of rotatable bonds is 0. The summed E-state index contributed by atoms with van der Waals surface area (Å²) in [6.45, 7) is 0. The molecule has 0 fully saturated rings. The van der Waals surface area contributed by atoms with E-state index in [4.69, 9.17) is 12.2 Å². The van der Waals surface area contributed by atoms with E-state index in [1.807, 2.05) is 0 Å². The first-order chi connectivity index (χ1) is 2.89. The Bertz CT molecular complexity index is 85.7. The topological polar surface area (TPSA) is 0 Å². The molecule has 0 aromatic heterocycles. The van der Waals surface area contributed by atoms with Gasteiger partial charge in [-0.15, -0.1) is 0 Å². The average Bonchev–Trinajstić information content (AvgIpc) is 1.86. The zero-order chi connectivity index (χ0) is 4.41. The van der Waals surface area contributed by atoms with E-state index in [0.717, 1.165) is 6.42 Å². The molecule has 32 valence electrons. The fourth-order valence-electron chi connectivity index (χ4n) is 0.316. The molecule has 0 bridgehead atoms. The van der Waals surface area contributed by atoms with Crippen LogP contribution in [0.4, 0.5) is 0 Å². The first-order valence-electron chi connectivity index (χ1n) is 1.74. The van der Waals surface area contributed by atoms with Crippen LogP contribution in [0.2, 0.25) is 0 Å². The summed E-state index contributed by atoms with van der Waals surface area (Å²) in [5, 5.41) is 0. The Morgan fingerprint density at radius 3 is 2.83 bits per heavy atom. The number of allylic oxidation sites excluding steroid dienone is 1. The van der Waals surface area contributed by atoms with Gasteiger partial charge in [-0.3, -0.25) is 0 Å². The van der Waals surface area contributed by atoms with E-state index < -0.39 is 0 Å². The molecule has 2 heteroatoms. The van der Waals surface area contributed by atoms with Crippen molar-refractivity contribution >= 4 is 30.9 Å². The maximum absolute atomic E-state index is 4.88. The Kier molecular flexibility index (Phi) is 1.41. The molecule has 0 saturated carbocycles. The molecule has 0 unspecified atom stereocenters. The van der Waals surface area contributed by atoms with Gasteiger partial charge in [-0.2, -0.15) is 0 Å². The van der Waals surface area contributed by atoms with Crippen molar-refractivity contribution in [2.45, 2.75) is 6.42 Å². The molecule has 0 N–H and O–H groups in total. The molecule has 0 amide bonds. The summed E-state index contributed by atoms with van der Waals surface area (Å²) >= 11 is 5.46. The van der Waals surface area contributed by atoms with Gasteiger partial charge in [0.15, 0.2) is 0 Å². The number of thiocarbonyl (C=S) groups is 1. The molecule has 0 nitrogen and oxygen atoms in total. The zero-order valence-corrected chi connectivity index (χ0v) is 5.71. The third kappa shape index (κ3) is 0.903. The fraction of sp³-hybridized carbons (Fsp3) is 0.250. The SMILES string of the molecule is S=C1CC=C[Se]1. The van der Waals surface area contributed by atoms with E-state index >= 15 is 0 Å². The van der Waals surface area contributed by atoms with Crippen molar-refractivity contribution in [3.63, 3.8) is 0 Å². The van der Waals surface area contributed by atoms with Crippen LogP contribution in [0, 0.1) is 0 Å². The van der Waals surface area contributed by atoms with Crippen LogP contribution in [0.3, 0.4) is 0 Å². The van der Waals surface area contributed by atoms with E-state index in [1.54, 1.807) is 0 Å². The minimum absolute atomic E-state index is 0.579. The summed E-state index contributed by atoms with van der Waals surface area (Å²) in [7, 11) is 0. The molecule has 0 radical (unpaired) electrons. The number of hydrogen-bond acceptors (Lipinski definition) is 1. The molecule has 0 spiro atoms. The normalized spacial score (nSPS) is 19.7. The molecule has 0 aliphatic carbocycles.